The molecule has 2 aromatic rings. The highest BCUT2D eigenvalue weighted by atomic mass is 16.4. The second-order valence-electron chi connectivity index (χ2n) is 4.93. The minimum Gasteiger partial charge on any atom is -0.480 e. The van der Waals surface area contributed by atoms with Gasteiger partial charge >= 0.3 is 5.97 Å². The maximum absolute atomic E-state index is 11.1. The molecule has 0 aromatic carbocycles. The average Bonchev–Trinajstić information content (AvgIpc) is 2.80. The molecule has 1 N–H and O–H groups in total. The lowest BCUT2D eigenvalue weighted by Crippen LogP contribution is -2.36. The molecule has 0 fully saturated rings. The first-order valence-electron chi connectivity index (χ1n) is 6.21. The number of aromatic nitrogens is 3. The zero-order valence-corrected chi connectivity index (χ0v) is 11.5. The van der Waals surface area contributed by atoms with Crippen LogP contribution in [0.3, 0.4) is 0 Å². The largest absolute Gasteiger partial charge is 0.480 e. The van der Waals surface area contributed by atoms with Crippen molar-refractivity contribution in [1.29, 1.82) is 0 Å². The molecule has 6 nitrogen and oxygen atoms in total. The molecule has 0 spiro atoms. The van der Waals surface area contributed by atoms with E-state index in [0.29, 0.717) is 11.7 Å². The lowest BCUT2D eigenvalue weighted by Gasteiger charge is -2.22. The van der Waals surface area contributed by atoms with Gasteiger partial charge in [0.15, 0.2) is 5.82 Å². The number of nitrogens with zero attached hydrogens (tertiary/aromatic N) is 4. The maximum atomic E-state index is 11.1. The molecule has 2 rings (SSSR count). The van der Waals surface area contributed by atoms with Crippen molar-refractivity contribution in [2.24, 2.45) is 0 Å². The molecule has 0 amide bonds. The number of carbonyl (C=O) groups is 1. The van der Waals surface area contributed by atoms with E-state index in [4.69, 9.17) is 5.11 Å². The number of carboxylic acid groups (broad SMARTS) is 1. The van der Waals surface area contributed by atoms with E-state index >= 15 is 0 Å². The molecule has 102 valence electrons. The van der Waals surface area contributed by atoms with E-state index in [0.717, 1.165) is 11.2 Å². The standard InChI is InChI=1S/C13H18N4O2/c1-8(2)10-7-11-12(14-5-6-17(11)15-10)16(4)9(3)13(18)19/h5-9H,1-4H3,(H,18,19). The minimum atomic E-state index is -0.880. The van der Waals surface area contributed by atoms with E-state index in [-0.39, 0.29) is 0 Å². The Morgan fingerprint density at radius 2 is 2.11 bits per heavy atom. The lowest BCUT2D eigenvalue weighted by atomic mass is 10.1. The van der Waals surface area contributed by atoms with Crippen LogP contribution in [0.2, 0.25) is 0 Å². The fourth-order valence-corrected chi connectivity index (χ4v) is 1.83. The third kappa shape index (κ3) is 2.38. The van der Waals surface area contributed by atoms with Crippen LogP contribution in [-0.2, 0) is 4.79 Å². The van der Waals surface area contributed by atoms with Crippen LogP contribution in [0.5, 0.6) is 0 Å². The summed E-state index contributed by atoms with van der Waals surface area (Å²) in [6, 6.07) is 1.31. The normalized spacial score (nSPS) is 12.9. The van der Waals surface area contributed by atoms with Crippen LogP contribution in [0, 0.1) is 0 Å². The predicted molar refractivity (Wildman–Crippen MR) is 72.6 cm³/mol. The fourth-order valence-electron chi connectivity index (χ4n) is 1.83. The van der Waals surface area contributed by atoms with Gasteiger partial charge in [0, 0.05) is 19.4 Å². The Hall–Kier alpha value is -2.11. The third-order valence-corrected chi connectivity index (χ3v) is 3.25. The van der Waals surface area contributed by atoms with E-state index in [2.05, 4.69) is 23.9 Å². The zero-order valence-electron chi connectivity index (χ0n) is 11.5. The van der Waals surface area contributed by atoms with Crippen molar-refractivity contribution in [3.8, 4) is 0 Å². The number of aliphatic carboxylic acids is 1. The number of rotatable bonds is 4. The van der Waals surface area contributed by atoms with E-state index in [1.54, 1.807) is 35.8 Å². The highest BCUT2D eigenvalue weighted by Crippen LogP contribution is 2.23. The van der Waals surface area contributed by atoms with E-state index < -0.39 is 12.0 Å². The number of hydrogen-bond acceptors (Lipinski definition) is 4. The molecular weight excluding hydrogens is 244 g/mol. The summed E-state index contributed by atoms with van der Waals surface area (Å²) in [6.07, 6.45) is 3.40. The zero-order chi connectivity index (χ0) is 14.2. The summed E-state index contributed by atoms with van der Waals surface area (Å²) in [6.45, 7) is 5.77. The van der Waals surface area contributed by atoms with Gasteiger partial charge in [-0.15, -0.1) is 0 Å². The number of likely N-dealkylation sites (N-methyl/N-ethyl adjacent to an activating group) is 1. The van der Waals surface area contributed by atoms with Gasteiger partial charge in [-0.05, 0) is 18.9 Å². The third-order valence-electron chi connectivity index (χ3n) is 3.25. The van der Waals surface area contributed by atoms with Gasteiger partial charge in [0.25, 0.3) is 0 Å². The summed E-state index contributed by atoms with van der Waals surface area (Å²) < 4.78 is 1.74. The smallest absolute Gasteiger partial charge is 0.326 e. The molecule has 0 aliphatic heterocycles. The monoisotopic (exact) mass is 262 g/mol. The molecule has 0 bridgehead atoms. The molecule has 6 heteroatoms. The topological polar surface area (TPSA) is 70.7 Å². The van der Waals surface area contributed by atoms with Crippen LogP contribution in [0.1, 0.15) is 32.4 Å². The molecule has 19 heavy (non-hydrogen) atoms. The molecule has 0 saturated carbocycles. The maximum Gasteiger partial charge on any atom is 0.326 e. The van der Waals surface area contributed by atoms with E-state index in [1.807, 2.05) is 6.07 Å². The SMILES string of the molecule is CC(C)c1cc2c(N(C)C(C)C(=O)O)nccn2n1. The van der Waals surface area contributed by atoms with Gasteiger partial charge < -0.3 is 10.0 Å². The van der Waals surface area contributed by atoms with Gasteiger partial charge in [0.05, 0.1) is 5.69 Å². The van der Waals surface area contributed by atoms with Crippen LogP contribution >= 0.6 is 0 Å². The lowest BCUT2D eigenvalue weighted by molar-refractivity contribution is -0.138. The second kappa shape index (κ2) is 4.87. The van der Waals surface area contributed by atoms with Crippen molar-refractivity contribution >= 4 is 17.3 Å². The minimum absolute atomic E-state index is 0.315. The fraction of sp³-hybridized carbons (Fsp3) is 0.462. The van der Waals surface area contributed by atoms with Crippen molar-refractivity contribution in [1.82, 2.24) is 14.6 Å². The Kier molecular flexibility index (Phi) is 3.42. The number of hydrogen-bond donors (Lipinski definition) is 1. The van der Waals surface area contributed by atoms with Gasteiger partial charge in [-0.2, -0.15) is 5.10 Å². The van der Waals surface area contributed by atoms with Gasteiger partial charge in [0.1, 0.15) is 11.6 Å². The van der Waals surface area contributed by atoms with E-state index in [9.17, 15) is 4.79 Å². The highest BCUT2D eigenvalue weighted by Gasteiger charge is 2.21. The predicted octanol–water partition coefficient (Wildman–Crippen LogP) is 1.76. The number of anilines is 1. The first-order valence-corrected chi connectivity index (χ1v) is 6.21. The Morgan fingerprint density at radius 3 is 2.68 bits per heavy atom. The van der Waals surface area contributed by atoms with Crippen molar-refractivity contribution in [2.75, 3.05) is 11.9 Å². The molecular formula is C13H18N4O2. The van der Waals surface area contributed by atoms with Crippen molar-refractivity contribution in [3.63, 3.8) is 0 Å². The van der Waals surface area contributed by atoms with Gasteiger partial charge in [0.2, 0.25) is 0 Å². The summed E-state index contributed by atoms with van der Waals surface area (Å²) >= 11 is 0. The van der Waals surface area contributed by atoms with Crippen LogP contribution in [0.4, 0.5) is 5.82 Å². The molecule has 2 heterocycles. The molecule has 2 aromatic heterocycles. The summed E-state index contributed by atoms with van der Waals surface area (Å²) in [4.78, 5) is 17.0. The van der Waals surface area contributed by atoms with Gasteiger partial charge in [-0.25, -0.2) is 14.3 Å². The Morgan fingerprint density at radius 1 is 1.42 bits per heavy atom. The second-order valence-corrected chi connectivity index (χ2v) is 4.93. The number of carboxylic acids is 1. The Balaban J connectivity index is 2.51. The molecule has 0 aliphatic rings. The Bertz CT molecular complexity index is 606. The highest BCUT2D eigenvalue weighted by molar-refractivity contribution is 5.80. The van der Waals surface area contributed by atoms with Crippen molar-refractivity contribution in [2.45, 2.75) is 32.7 Å². The summed E-state index contributed by atoms with van der Waals surface area (Å²) in [5.41, 5.74) is 1.78. The molecule has 0 aliphatic carbocycles. The summed E-state index contributed by atoms with van der Waals surface area (Å²) in [5, 5.41) is 13.5. The molecule has 1 unspecified atom stereocenters. The summed E-state index contributed by atoms with van der Waals surface area (Å²) in [5.74, 6) is 0.0571. The van der Waals surface area contributed by atoms with Crippen LogP contribution in [0.15, 0.2) is 18.5 Å². The van der Waals surface area contributed by atoms with Crippen LogP contribution < -0.4 is 4.90 Å². The molecule has 0 saturated heterocycles. The molecule has 0 radical (unpaired) electrons. The van der Waals surface area contributed by atoms with E-state index in [1.165, 1.54) is 0 Å². The quantitative estimate of drug-likeness (QED) is 0.909. The molecule has 1 atom stereocenters. The first-order chi connectivity index (χ1) is 8.91. The average molecular weight is 262 g/mol. The van der Waals surface area contributed by atoms with Gasteiger partial charge in [-0.1, -0.05) is 13.8 Å². The van der Waals surface area contributed by atoms with Gasteiger partial charge in [-0.3, -0.25) is 0 Å². The van der Waals surface area contributed by atoms with Crippen LogP contribution in [-0.4, -0.2) is 38.8 Å². The first kappa shape index (κ1) is 13.3. The number of fused-ring (bicyclic) bond motifs is 1. The summed E-state index contributed by atoms with van der Waals surface area (Å²) in [7, 11) is 1.73. The van der Waals surface area contributed by atoms with Crippen molar-refractivity contribution in [3.05, 3.63) is 24.2 Å². The Labute approximate surface area is 111 Å². The van der Waals surface area contributed by atoms with Crippen LogP contribution in [0.25, 0.3) is 5.52 Å². The van der Waals surface area contributed by atoms with Crippen molar-refractivity contribution < 1.29 is 9.90 Å².